The average molecular weight is 221 g/mol. The van der Waals surface area contributed by atoms with Crippen molar-refractivity contribution in [2.24, 2.45) is 4.99 Å². The third kappa shape index (κ3) is 4.45. The van der Waals surface area contributed by atoms with E-state index in [1.807, 2.05) is 0 Å². The van der Waals surface area contributed by atoms with Gasteiger partial charge >= 0.3 is 0 Å². The van der Waals surface area contributed by atoms with E-state index in [1.165, 1.54) is 0 Å². The molecule has 0 saturated carbocycles. The highest BCUT2D eigenvalue weighted by atomic mass is 32.2. The lowest BCUT2D eigenvalue weighted by molar-refractivity contribution is -0.115. The molecule has 0 saturated heterocycles. The van der Waals surface area contributed by atoms with Crippen molar-refractivity contribution in [3.8, 4) is 0 Å². The van der Waals surface area contributed by atoms with E-state index in [-0.39, 0.29) is 13.0 Å². The Bertz CT molecular complexity index is 345. The van der Waals surface area contributed by atoms with Crippen LogP contribution in [0.2, 0.25) is 0 Å². The minimum absolute atomic E-state index is 0.0697. The molecule has 1 heterocycles. The largest absolute Gasteiger partial charge is 0.374 e. The van der Waals surface area contributed by atoms with Gasteiger partial charge in [-0.2, -0.15) is 8.42 Å². The number of nitrogens with zero attached hydrogens (tertiary/aromatic N) is 1. The summed E-state index contributed by atoms with van der Waals surface area (Å²) in [5, 5.41) is 0. The molecule has 0 radical (unpaired) electrons. The van der Waals surface area contributed by atoms with E-state index in [1.54, 1.807) is 0 Å². The molecule has 0 aromatic heterocycles. The van der Waals surface area contributed by atoms with Gasteiger partial charge in [0.1, 0.15) is 5.75 Å². The zero-order valence-corrected chi connectivity index (χ0v) is 8.29. The van der Waals surface area contributed by atoms with Crippen LogP contribution in [-0.2, 0) is 19.6 Å². The normalized spacial score (nSPS) is 17.6. The molecule has 0 aliphatic carbocycles. The van der Waals surface area contributed by atoms with E-state index < -0.39 is 21.7 Å². The van der Waals surface area contributed by atoms with E-state index in [0.29, 0.717) is 18.9 Å². The minimum atomic E-state index is -4.22. The van der Waals surface area contributed by atoms with Crippen molar-refractivity contribution < 1.29 is 22.5 Å². The Morgan fingerprint density at radius 1 is 1.57 bits per heavy atom. The Morgan fingerprint density at radius 2 is 2.29 bits per heavy atom. The van der Waals surface area contributed by atoms with Crippen LogP contribution in [0.3, 0.4) is 0 Å². The molecule has 0 fully saturated rings. The lowest BCUT2D eigenvalue weighted by atomic mass is 10.2. The quantitative estimate of drug-likeness (QED) is 0.634. The number of hydrogen-bond acceptors (Lipinski definition) is 5. The lowest BCUT2D eigenvalue weighted by Crippen LogP contribution is -2.24. The molecule has 1 aliphatic heterocycles. The van der Waals surface area contributed by atoms with Crippen molar-refractivity contribution in [2.45, 2.75) is 6.42 Å². The molecule has 0 spiro atoms. The molecular weight excluding hydrogens is 210 g/mol. The first-order valence-electron chi connectivity index (χ1n) is 4.04. The molecule has 0 unspecified atom stereocenters. The Balaban J connectivity index is 2.44. The first-order chi connectivity index (χ1) is 6.47. The molecular formula is C7H11NO5S. The highest BCUT2D eigenvalue weighted by Gasteiger charge is 2.16. The highest BCUT2D eigenvalue weighted by molar-refractivity contribution is 7.86. The predicted octanol–water partition coefficient (Wildman–Crippen LogP) is -0.695. The summed E-state index contributed by atoms with van der Waals surface area (Å²) >= 11 is 0. The van der Waals surface area contributed by atoms with Crippen LogP contribution in [-0.4, -0.2) is 50.0 Å². The summed E-state index contributed by atoms with van der Waals surface area (Å²) in [6, 6.07) is 0. The second-order valence-electron chi connectivity index (χ2n) is 2.94. The molecule has 80 valence electrons. The van der Waals surface area contributed by atoms with E-state index in [0.717, 1.165) is 0 Å². The van der Waals surface area contributed by atoms with Gasteiger partial charge < -0.3 is 4.74 Å². The van der Waals surface area contributed by atoms with Gasteiger partial charge in [-0.3, -0.25) is 14.3 Å². The standard InChI is InChI=1S/C7H11NO5S/c9-7(5-14(10,11)12)3-6-4-13-2-1-8-6/h1-5H2,(H,10,11,12). The van der Waals surface area contributed by atoms with Gasteiger partial charge in [0.2, 0.25) is 0 Å². The van der Waals surface area contributed by atoms with Crippen LogP contribution < -0.4 is 0 Å². The number of hydrogen-bond donors (Lipinski definition) is 1. The number of ether oxygens (including phenoxy) is 1. The van der Waals surface area contributed by atoms with Crippen molar-refractivity contribution in [3.63, 3.8) is 0 Å². The molecule has 1 rings (SSSR count). The van der Waals surface area contributed by atoms with Crippen molar-refractivity contribution in [2.75, 3.05) is 25.5 Å². The number of aliphatic imine (C=N–C) groups is 1. The molecule has 0 amide bonds. The van der Waals surface area contributed by atoms with Crippen molar-refractivity contribution in [3.05, 3.63) is 0 Å². The molecule has 0 bridgehead atoms. The number of ketones is 1. The third-order valence-electron chi connectivity index (χ3n) is 1.58. The molecule has 1 N–H and O–H groups in total. The monoisotopic (exact) mass is 221 g/mol. The zero-order chi connectivity index (χ0) is 10.6. The van der Waals surface area contributed by atoms with Gasteiger partial charge in [0, 0.05) is 12.1 Å². The van der Waals surface area contributed by atoms with Gasteiger partial charge in [-0.1, -0.05) is 0 Å². The van der Waals surface area contributed by atoms with Gasteiger partial charge in [0.15, 0.2) is 5.78 Å². The smallest absolute Gasteiger partial charge is 0.272 e. The van der Waals surface area contributed by atoms with E-state index >= 15 is 0 Å². The Kier molecular flexibility index (Phi) is 3.73. The molecule has 7 heteroatoms. The first-order valence-corrected chi connectivity index (χ1v) is 5.65. The number of rotatable bonds is 4. The second kappa shape index (κ2) is 4.63. The molecule has 0 aromatic rings. The number of carbonyl (C=O) groups is 1. The molecule has 1 aliphatic rings. The van der Waals surface area contributed by atoms with Crippen LogP contribution in [0.25, 0.3) is 0 Å². The van der Waals surface area contributed by atoms with Gasteiger partial charge in [0.25, 0.3) is 10.1 Å². The van der Waals surface area contributed by atoms with Crippen molar-refractivity contribution >= 4 is 21.6 Å². The summed E-state index contributed by atoms with van der Waals surface area (Å²) in [5.74, 6) is -1.43. The van der Waals surface area contributed by atoms with Crippen LogP contribution >= 0.6 is 0 Å². The summed E-state index contributed by atoms with van der Waals surface area (Å²) in [5.41, 5.74) is 0.532. The van der Waals surface area contributed by atoms with Gasteiger partial charge in [-0.25, -0.2) is 0 Å². The van der Waals surface area contributed by atoms with E-state index in [2.05, 4.69) is 4.99 Å². The van der Waals surface area contributed by atoms with Crippen LogP contribution in [0, 0.1) is 0 Å². The topological polar surface area (TPSA) is 93.0 Å². The maximum absolute atomic E-state index is 11.1. The van der Waals surface area contributed by atoms with Gasteiger partial charge in [-0.05, 0) is 0 Å². The lowest BCUT2D eigenvalue weighted by Gasteiger charge is -2.11. The predicted molar refractivity (Wildman–Crippen MR) is 49.2 cm³/mol. The number of carbonyl (C=O) groups excluding carboxylic acids is 1. The Hall–Kier alpha value is -0.790. The van der Waals surface area contributed by atoms with Crippen LogP contribution in [0.4, 0.5) is 0 Å². The molecule has 6 nitrogen and oxygen atoms in total. The van der Waals surface area contributed by atoms with Gasteiger partial charge in [-0.15, -0.1) is 0 Å². The Morgan fingerprint density at radius 3 is 2.79 bits per heavy atom. The second-order valence-corrected chi connectivity index (χ2v) is 4.39. The van der Waals surface area contributed by atoms with Crippen molar-refractivity contribution in [1.82, 2.24) is 0 Å². The van der Waals surface area contributed by atoms with E-state index in [4.69, 9.17) is 9.29 Å². The zero-order valence-electron chi connectivity index (χ0n) is 7.47. The molecule has 0 atom stereocenters. The Labute approximate surface area is 81.7 Å². The number of Topliss-reactive ketones (excluding diaryl/α,β-unsaturated/α-hetero) is 1. The molecule has 14 heavy (non-hydrogen) atoms. The first kappa shape index (κ1) is 11.3. The summed E-state index contributed by atoms with van der Waals surface area (Å²) in [4.78, 5) is 15.0. The maximum atomic E-state index is 11.1. The summed E-state index contributed by atoms with van der Waals surface area (Å²) in [6.45, 7) is 1.28. The van der Waals surface area contributed by atoms with Gasteiger partial charge in [0.05, 0.1) is 19.8 Å². The van der Waals surface area contributed by atoms with Crippen LogP contribution in [0.5, 0.6) is 0 Å². The fourth-order valence-electron chi connectivity index (χ4n) is 1.09. The summed E-state index contributed by atoms with van der Waals surface area (Å²) in [7, 11) is -4.22. The maximum Gasteiger partial charge on any atom is 0.272 e. The SMILES string of the molecule is O=C(CC1=NCCOC1)CS(=O)(=O)O. The average Bonchev–Trinajstić information content (AvgIpc) is 2.02. The summed E-state index contributed by atoms with van der Waals surface area (Å²) in [6.07, 6.45) is -0.0697. The highest BCUT2D eigenvalue weighted by Crippen LogP contribution is 1.98. The van der Waals surface area contributed by atoms with Crippen molar-refractivity contribution in [1.29, 1.82) is 0 Å². The fourth-order valence-corrected chi connectivity index (χ4v) is 1.60. The minimum Gasteiger partial charge on any atom is -0.374 e. The summed E-state index contributed by atoms with van der Waals surface area (Å²) < 4.78 is 34.1. The fraction of sp³-hybridized carbons (Fsp3) is 0.714. The third-order valence-corrected chi connectivity index (χ3v) is 2.27. The van der Waals surface area contributed by atoms with Crippen LogP contribution in [0.1, 0.15) is 6.42 Å². The molecule has 0 aromatic carbocycles. The van der Waals surface area contributed by atoms with Crippen LogP contribution in [0.15, 0.2) is 4.99 Å². The van der Waals surface area contributed by atoms with E-state index in [9.17, 15) is 13.2 Å².